The Labute approximate surface area is 140 Å². The zero-order valence-electron chi connectivity index (χ0n) is 13.7. The van der Waals surface area contributed by atoms with E-state index in [-0.39, 0.29) is 0 Å². The van der Waals surface area contributed by atoms with Crippen molar-refractivity contribution in [1.82, 2.24) is 9.88 Å². The van der Waals surface area contributed by atoms with Gasteiger partial charge in [-0.05, 0) is 57.9 Å². The van der Waals surface area contributed by atoms with Gasteiger partial charge in [-0.2, -0.15) is 0 Å². The van der Waals surface area contributed by atoms with Crippen molar-refractivity contribution in [2.45, 2.75) is 45.4 Å². The topological polar surface area (TPSA) is 65.6 Å². The van der Waals surface area contributed by atoms with E-state index in [1.807, 2.05) is 25.1 Å². The molecule has 23 heavy (non-hydrogen) atoms. The summed E-state index contributed by atoms with van der Waals surface area (Å²) < 4.78 is 5.29. The molecule has 5 nitrogen and oxygen atoms in total. The molecule has 0 aliphatic carbocycles. The Hall–Kier alpha value is -1.72. The van der Waals surface area contributed by atoms with E-state index in [0.29, 0.717) is 18.0 Å². The van der Waals surface area contributed by atoms with Gasteiger partial charge in [-0.3, -0.25) is 4.90 Å². The second-order valence-electron chi connectivity index (χ2n) is 6.72. The Kier molecular flexibility index (Phi) is 3.61. The largest absolute Gasteiger partial charge is 0.438 e. The van der Waals surface area contributed by atoms with Crippen molar-refractivity contribution in [3.8, 4) is 0 Å². The average Bonchev–Trinajstić information content (AvgIpc) is 2.80. The van der Waals surface area contributed by atoms with Gasteiger partial charge in [0.1, 0.15) is 0 Å². The normalized spacial score (nSPS) is 23.6. The van der Waals surface area contributed by atoms with Gasteiger partial charge in [0.2, 0.25) is 0 Å². The number of carbonyl (C=O) groups excluding carboxylic acids is 1. The van der Waals surface area contributed by atoms with Crippen LogP contribution in [0, 0.1) is 6.92 Å². The number of benzene rings is 1. The van der Waals surface area contributed by atoms with Gasteiger partial charge in [0.25, 0.3) is 0 Å². The first-order valence-electron chi connectivity index (χ1n) is 7.63. The number of hydrogen-bond acceptors (Lipinski definition) is 3. The molecule has 1 atom stereocenters. The SMILES string of the molecule is Cc1[nH]c2ccc(Cl)cc2c1CCN1C(=O)OC(C)(C)[C@@]1(C)O. The summed E-state index contributed by atoms with van der Waals surface area (Å²) in [6, 6.07) is 5.70. The zero-order chi connectivity index (χ0) is 17.0. The number of carbonyl (C=O) groups is 1. The number of aromatic nitrogens is 1. The Morgan fingerprint density at radius 3 is 2.65 bits per heavy atom. The highest BCUT2D eigenvalue weighted by atomic mass is 35.5. The lowest BCUT2D eigenvalue weighted by atomic mass is 9.95. The highest BCUT2D eigenvalue weighted by molar-refractivity contribution is 6.31. The monoisotopic (exact) mass is 336 g/mol. The second kappa shape index (κ2) is 5.14. The minimum absolute atomic E-state index is 0.371. The van der Waals surface area contributed by atoms with Gasteiger partial charge in [-0.1, -0.05) is 11.6 Å². The summed E-state index contributed by atoms with van der Waals surface area (Å²) in [5.74, 6) is 0. The molecule has 0 spiro atoms. The van der Waals surface area contributed by atoms with Crippen LogP contribution in [-0.4, -0.2) is 39.0 Å². The van der Waals surface area contributed by atoms with E-state index in [2.05, 4.69) is 4.98 Å². The minimum atomic E-state index is -1.35. The number of H-pyrrole nitrogens is 1. The van der Waals surface area contributed by atoms with Crippen LogP contribution in [0.1, 0.15) is 32.0 Å². The summed E-state index contributed by atoms with van der Waals surface area (Å²) >= 11 is 6.09. The lowest BCUT2D eigenvalue weighted by Gasteiger charge is -2.34. The lowest BCUT2D eigenvalue weighted by Crippen LogP contribution is -2.54. The van der Waals surface area contributed by atoms with E-state index in [4.69, 9.17) is 16.3 Å². The number of cyclic esters (lactones) is 1. The van der Waals surface area contributed by atoms with Crippen molar-refractivity contribution >= 4 is 28.6 Å². The predicted molar refractivity (Wildman–Crippen MR) is 89.6 cm³/mol. The van der Waals surface area contributed by atoms with Crippen LogP contribution in [0.3, 0.4) is 0 Å². The summed E-state index contributed by atoms with van der Waals surface area (Å²) in [5.41, 5.74) is 0.854. The first-order valence-corrected chi connectivity index (χ1v) is 8.01. The molecular weight excluding hydrogens is 316 g/mol. The van der Waals surface area contributed by atoms with Crippen molar-refractivity contribution in [3.05, 3.63) is 34.5 Å². The van der Waals surface area contributed by atoms with Gasteiger partial charge in [0, 0.05) is 28.2 Å². The Morgan fingerprint density at radius 1 is 1.35 bits per heavy atom. The van der Waals surface area contributed by atoms with Crippen molar-refractivity contribution < 1.29 is 14.6 Å². The van der Waals surface area contributed by atoms with Crippen molar-refractivity contribution in [2.75, 3.05) is 6.54 Å². The molecule has 0 saturated carbocycles. The average molecular weight is 337 g/mol. The van der Waals surface area contributed by atoms with E-state index in [0.717, 1.165) is 22.2 Å². The number of aryl methyl sites for hydroxylation is 1. The summed E-state index contributed by atoms with van der Waals surface area (Å²) in [7, 11) is 0. The van der Waals surface area contributed by atoms with Crippen LogP contribution >= 0.6 is 11.6 Å². The predicted octanol–water partition coefficient (Wildman–Crippen LogP) is 3.61. The fourth-order valence-corrected chi connectivity index (χ4v) is 3.25. The van der Waals surface area contributed by atoms with Crippen LogP contribution in [0.2, 0.25) is 5.02 Å². The number of halogens is 1. The number of aliphatic hydroxyl groups is 1. The molecule has 1 aliphatic heterocycles. The highest BCUT2D eigenvalue weighted by Crippen LogP contribution is 2.37. The molecular formula is C17H21ClN2O3. The summed E-state index contributed by atoms with van der Waals surface area (Å²) in [5, 5.41) is 12.4. The summed E-state index contributed by atoms with van der Waals surface area (Å²) in [6.45, 7) is 7.39. The van der Waals surface area contributed by atoms with Crippen LogP contribution in [-0.2, 0) is 11.2 Å². The van der Waals surface area contributed by atoms with Crippen molar-refractivity contribution in [3.63, 3.8) is 0 Å². The van der Waals surface area contributed by atoms with E-state index >= 15 is 0 Å². The number of amides is 1. The van der Waals surface area contributed by atoms with Crippen LogP contribution < -0.4 is 0 Å². The molecule has 124 valence electrons. The molecule has 2 heterocycles. The van der Waals surface area contributed by atoms with E-state index in [1.54, 1.807) is 20.8 Å². The van der Waals surface area contributed by atoms with Crippen LogP contribution in [0.5, 0.6) is 0 Å². The molecule has 0 radical (unpaired) electrons. The van der Waals surface area contributed by atoms with E-state index < -0.39 is 17.4 Å². The maximum absolute atomic E-state index is 12.1. The zero-order valence-corrected chi connectivity index (χ0v) is 14.5. The molecule has 1 aromatic heterocycles. The smallest absolute Gasteiger partial charge is 0.412 e. The number of ether oxygens (including phenoxy) is 1. The van der Waals surface area contributed by atoms with Gasteiger partial charge >= 0.3 is 6.09 Å². The maximum atomic E-state index is 12.1. The molecule has 2 aromatic rings. The summed E-state index contributed by atoms with van der Waals surface area (Å²) in [4.78, 5) is 16.8. The molecule has 1 saturated heterocycles. The number of fused-ring (bicyclic) bond motifs is 1. The van der Waals surface area contributed by atoms with E-state index in [9.17, 15) is 9.90 Å². The Bertz CT molecular complexity index is 779. The van der Waals surface area contributed by atoms with Gasteiger partial charge in [-0.15, -0.1) is 0 Å². The molecule has 0 bridgehead atoms. The second-order valence-corrected chi connectivity index (χ2v) is 7.16. The number of rotatable bonds is 3. The maximum Gasteiger partial charge on any atom is 0.412 e. The molecule has 3 rings (SSSR count). The van der Waals surface area contributed by atoms with Gasteiger partial charge in [0.15, 0.2) is 11.3 Å². The standard InChI is InChI=1S/C17H21ClN2O3/c1-10-12(13-9-11(18)5-6-14(13)19-10)7-8-20-15(21)23-16(2,3)17(20,4)22/h5-6,9,19,22H,7-8H2,1-4H3/t17-/m1/s1. The van der Waals surface area contributed by atoms with Gasteiger partial charge < -0.3 is 14.8 Å². The number of nitrogens with zero attached hydrogens (tertiary/aromatic N) is 1. The quantitative estimate of drug-likeness (QED) is 0.899. The summed E-state index contributed by atoms with van der Waals surface area (Å²) in [6.07, 6.45) is 0.114. The Morgan fingerprint density at radius 2 is 2.04 bits per heavy atom. The molecule has 2 N–H and O–H groups in total. The number of aromatic amines is 1. The van der Waals surface area contributed by atoms with Crippen LogP contribution in [0.25, 0.3) is 10.9 Å². The third kappa shape index (κ3) is 2.48. The van der Waals surface area contributed by atoms with Gasteiger partial charge in [0.05, 0.1) is 0 Å². The molecule has 1 aliphatic rings. The Balaban J connectivity index is 1.88. The van der Waals surface area contributed by atoms with Crippen molar-refractivity contribution in [1.29, 1.82) is 0 Å². The van der Waals surface area contributed by atoms with Crippen LogP contribution in [0.4, 0.5) is 4.79 Å². The molecule has 1 aromatic carbocycles. The van der Waals surface area contributed by atoms with Gasteiger partial charge in [-0.25, -0.2) is 4.79 Å². The number of hydrogen-bond donors (Lipinski definition) is 2. The lowest BCUT2D eigenvalue weighted by molar-refractivity contribution is -0.126. The molecule has 0 unspecified atom stereocenters. The first kappa shape index (κ1) is 16.1. The van der Waals surface area contributed by atoms with Crippen LogP contribution in [0.15, 0.2) is 18.2 Å². The highest BCUT2D eigenvalue weighted by Gasteiger charge is 2.56. The third-order valence-corrected chi connectivity index (χ3v) is 5.13. The molecule has 1 fully saturated rings. The minimum Gasteiger partial charge on any atom is -0.438 e. The fraction of sp³-hybridized carbons (Fsp3) is 0.471. The number of nitrogens with one attached hydrogen (secondary N) is 1. The van der Waals surface area contributed by atoms with Crippen molar-refractivity contribution in [2.24, 2.45) is 0 Å². The third-order valence-electron chi connectivity index (χ3n) is 4.90. The van der Waals surface area contributed by atoms with E-state index in [1.165, 1.54) is 4.90 Å². The molecule has 1 amide bonds. The fourth-order valence-electron chi connectivity index (χ4n) is 3.08. The first-order chi connectivity index (χ1) is 10.6. The molecule has 6 heteroatoms.